The number of carbonyl (C=O) groups is 1. The molecule has 1 unspecified atom stereocenters. The summed E-state index contributed by atoms with van der Waals surface area (Å²) in [7, 11) is 1.53. The minimum Gasteiger partial charge on any atom is -0.358 e. The first kappa shape index (κ1) is 25.3. The smallest absolute Gasteiger partial charge is 0.358 e. The first-order valence-electron chi connectivity index (χ1n) is 10.8. The highest BCUT2D eigenvalue weighted by Gasteiger charge is 2.32. The van der Waals surface area contributed by atoms with Gasteiger partial charge in [0.15, 0.2) is 0 Å². The summed E-state index contributed by atoms with van der Waals surface area (Å²) in [5.74, 6) is -0.620. The molecule has 0 saturated carbocycles. The van der Waals surface area contributed by atoms with Crippen LogP contribution in [0.15, 0.2) is 54.9 Å². The molecule has 1 aromatic carbocycles. The summed E-state index contributed by atoms with van der Waals surface area (Å²) in [6, 6.07) is 9.52. The van der Waals surface area contributed by atoms with Gasteiger partial charge < -0.3 is 5.32 Å². The first-order valence-corrected chi connectivity index (χ1v) is 10.8. The number of halogens is 4. The van der Waals surface area contributed by atoms with E-state index in [1.807, 2.05) is 13.0 Å². The molecular weight excluding hydrogens is 448 g/mol. The van der Waals surface area contributed by atoms with Gasteiger partial charge in [0.2, 0.25) is 5.91 Å². The van der Waals surface area contributed by atoms with Crippen LogP contribution < -0.4 is 10.6 Å². The van der Waals surface area contributed by atoms with Crippen LogP contribution in [0.25, 0.3) is 0 Å². The number of pyridine rings is 2. The van der Waals surface area contributed by atoms with Crippen molar-refractivity contribution in [1.82, 2.24) is 20.6 Å². The average molecular weight is 475 g/mol. The Kier molecular flexibility index (Phi) is 7.98. The molecule has 0 fully saturated rings. The van der Waals surface area contributed by atoms with E-state index in [1.165, 1.54) is 25.4 Å². The molecule has 0 spiro atoms. The largest absolute Gasteiger partial charge is 0.433 e. The summed E-state index contributed by atoms with van der Waals surface area (Å²) in [5.41, 5.74) is 2.34. The van der Waals surface area contributed by atoms with E-state index in [0.29, 0.717) is 29.5 Å². The molecule has 0 radical (unpaired) electrons. The van der Waals surface area contributed by atoms with Gasteiger partial charge in [0.1, 0.15) is 17.6 Å². The van der Waals surface area contributed by atoms with Crippen molar-refractivity contribution in [3.05, 3.63) is 94.3 Å². The molecule has 1 amide bonds. The van der Waals surface area contributed by atoms with Crippen LogP contribution >= 0.6 is 0 Å². The van der Waals surface area contributed by atoms with Gasteiger partial charge in [-0.3, -0.25) is 20.1 Å². The number of hydrogen-bond donors (Lipinski definition) is 2. The molecule has 0 aliphatic carbocycles. The second kappa shape index (κ2) is 10.7. The maximum atomic E-state index is 13.9. The van der Waals surface area contributed by atoms with Gasteiger partial charge in [-0.15, -0.1) is 0 Å². The van der Waals surface area contributed by atoms with Crippen molar-refractivity contribution in [2.75, 3.05) is 7.05 Å². The lowest BCUT2D eigenvalue weighted by Crippen LogP contribution is -2.38. The van der Waals surface area contributed by atoms with Crippen LogP contribution in [0.1, 0.15) is 52.1 Å². The monoisotopic (exact) mass is 474 g/mol. The van der Waals surface area contributed by atoms with E-state index in [9.17, 15) is 22.4 Å². The maximum Gasteiger partial charge on any atom is 0.433 e. The van der Waals surface area contributed by atoms with Crippen molar-refractivity contribution in [3.8, 4) is 0 Å². The lowest BCUT2D eigenvalue weighted by molar-refractivity contribution is -0.141. The highest BCUT2D eigenvalue weighted by atomic mass is 19.4. The molecule has 0 aliphatic heterocycles. The molecule has 2 aromatic heterocycles. The Balaban J connectivity index is 1.88. The lowest BCUT2D eigenvalue weighted by atomic mass is 9.96. The van der Waals surface area contributed by atoms with Crippen LogP contribution in [-0.2, 0) is 17.4 Å². The Morgan fingerprint density at radius 2 is 1.74 bits per heavy atom. The number of aromatic nitrogens is 2. The number of alkyl halides is 3. The van der Waals surface area contributed by atoms with Crippen molar-refractivity contribution < 1.29 is 22.4 Å². The van der Waals surface area contributed by atoms with Gasteiger partial charge in [-0.2, -0.15) is 13.2 Å². The molecular formula is C25H26F4N4O. The van der Waals surface area contributed by atoms with E-state index in [-0.39, 0.29) is 11.7 Å². The molecule has 0 saturated heterocycles. The fraction of sp³-hybridized carbons (Fsp3) is 0.320. The zero-order valence-electron chi connectivity index (χ0n) is 19.1. The van der Waals surface area contributed by atoms with Crippen LogP contribution in [-0.4, -0.2) is 22.9 Å². The summed E-state index contributed by atoms with van der Waals surface area (Å²) in [4.78, 5) is 20.5. The Morgan fingerprint density at radius 3 is 2.29 bits per heavy atom. The van der Waals surface area contributed by atoms with Crippen molar-refractivity contribution in [2.45, 2.75) is 44.9 Å². The van der Waals surface area contributed by atoms with E-state index in [2.05, 4.69) is 20.6 Å². The standard InChI is InChI=1S/C25H26F4N4O/c1-15-12-18(8-9-20(15)26)21(10-5-17-6-11-22(32-13-17)25(27,28)29)33-23(24(34)30-3)19-7-4-16(2)31-14-19/h4,6-9,11-14,21,23,33H,5,10H2,1-3H3,(H,30,34)/t21-,23?/m0/s1. The number of rotatable bonds is 8. The van der Waals surface area contributed by atoms with Gasteiger partial charge in [-0.25, -0.2) is 4.39 Å². The normalized spacial score (nSPS) is 13.4. The van der Waals surface area contributed by atoms with Crippen molar-refractivity contribution in [2.24, 2.45) is 0 Å². The summed E-state index contributed by atoms with van der Waals surface area (Å²) < 4.78 is 52.4. The predicted molar refractivity (Wildman–Crippen MR) is 120 cm³/mol. The van der Waals surface area contributed by atoms with Gasteiger partial charge in [-0.1, -0.05) is 24.3 Å². The topological polar surface area (TPSA) is 66.9 Å². The van der Waals surface area contributed by atoms with Crippen LogP contribution in [0.3, 0.4) is 0 Å². The maximum absolute atomic E-state index is 13.9. The van der Waals surface area contributed by atoms with Crippen LogP contribution in [0, 0.1) is 19.7 Å². The molecule has 0 bridgehead atoms. The van der Waals surface area contributed by atoms with Crippen molar-refractivity contribution in [1.29, 1.82) is 0 Å². The summed E-state index contributed by atoms with van der Waals surface area (Å²) in [5, 5.41) is 5.98. The third kappa shape index (κ3) is 6.38. The number of aryl methyl sites for hydroxylation is 3. The highest BCUT2D eigenvalue weighted by molar-refractivity contribution is 5.82. The summed E-state index contributed by atoms with van der Waals surface area (Å²) in [6.07, 6.45) is -0.848. The third-order valence-electron chi connectivity index (χ3n) is 5.57. The second-order valence-corrected chi connectivity index (χ2v) is 8.10. The Morgan fingerprint density at radius 1 is 1.00 bits per heavy atom. The van der Waals surface area contributed by atoms with Gasteiger partial charge >= 0.3 is 6.18 Å². The van der Waals surface area contributed by atoms with Crippen molar-refractivity contribution in [3.63, 3.8) is 0 Å². The summed E-state index contributed by atoms with van der Waals surface area (Å²) >= 11 is 0. The number of amides is 1. The number of carbonyl (C=O) groups excluding carboxylic acids is 1. The Hall–Kier alpha value is -3.33. The molecule has 180 valence electrons. The predicted octanol–water partition coefficient (Wildman–Crippen LogP) is 5.00. The molecule has 0 aliphatic rings. The van der Waals surface area contributed by atoms with E-state index in [0.717, 1.165) is 17.3 Å². The van der Waals surface area contributed by atoms with Gasteiger partial charge in [0, 0.05) is 31.2 Å². The number of benzene rings is 1. The molecule has 2 N–H and O–H groups in total. The molecule has 9 heteroatoms. The second-order valence-electron chi connectivity index (χ2n) is 8.10. The molecule has 3 aromatic rings. The number of hydrogen-bond acceptors (Lipinski definition) is 4. The van der Waals surface area contributed by atoms with Gasteiger partial charge in [0.05, 0.1) is 0 Å². The van der Waals surface area contributed by atoms with Gasteiger partial charge in [0.25, 0.3) is 0 Å². The van der Waals surface area contributed by atoms with E-state index >= 15 is 0 Å². The zero-order valence-corrected chi connectivity index (χ0v) is 19.1. The molecule has 3 rings (SSSR count). The minimum absolute atomic E-state index is 0.273. The van der Waals surface area contributed by atoms with Crippen LogP contribution in [0.5, 0.6) is 0 Å². The summed E-state index contributed by atoms with van der Waals surface area (Å²) in [6.45, 7) is 3.49. The fourth-order valence-corrected chi connectivity index (χ4v) is 3.60. The number of likely N-dealkylation sites (N-methyl/N-ethyl adjacent to an activating group) is 1. The van der Waals surface area contributed by atoms with E-state index in [1.54, 1.807) is 31.3 Å². The first-order chi connectivity index (χ1) is 16.1. The number of nitrogens with one attached hydrogen (secondary N) is 2. The molecule has 2 atom stereocenters. The zero-order chi connectivity index (χ0) is 24.9. The highest BCUT2D eigenvalue weighted by Crippen LogP contribution is 2.29. The molecule has 34 heavy (non-hydrogen) atoms. The minimum atomic E-state index is -4.50. The van der Waals surface area contributed by atoms with Gasteiger partial charge in [-0.05, 0) is 67.1 Å². The Bertz CT molecular complexity index is 1120. The Labute approximate surface area is 195 Å². The fourth-order valence-electron chi connectivity index (χ4n) is 3.60. The molecule has 5 nitrogen and oxygen atoms in total. The SMILES string of the molecule is CNC(=O)C(N[C@@H](CCc1ccc(C(F)(F)F)nc1)c1ccc(F)c(C)c1)c1ccc(C)nc1. The van der Waals surface area contributed by atoms with Crippen LogP contribution in [0.2, 0.25) is 0 Å². The third-order valence-corrected chi connectivity index (χ3v) is 5.57. The lowest BCUT2D eigenvalue weighted by Gasteiger charge is -2.26. The van der Waals surface area contributed by atoms with E-state index < -0.39 is 24.0 Å². The average Bonchev–Trinajstić information content (AvgIpc) is 2.81. The quantitative estimate of drug-likeness (QED) is 0.451. The van der Waals surface area contributed by atoms with Crippen LogP contribution in [0.4, 0.5) is 17.6 Å². The molecule has 2 heterocycles. The van der Waals surface area contributed by atoms with E-state index in [4.69, 9.17) is 0 Å². The number of nitrogens with zero attached hydrogens (tertiary/aromatic N) is 2. The van der Waals surface area contributed by atoms with Crippen molar-refractivity contribution >= 4 is 5.91 Å².